The molecule has 3 N–H and O–H groups in total. The van der Waals surface area contributed by atoms with Gasteiger partial charge in [0.15, 0.2) is 0 Å². The van der Waals surface area contributed by atoms with E-state index in [1.165, 1.54) is 12.0 Å². The van der Waals surface area contributed by atoms with Crippen molar-refractivity contribution in [1.29, 1.82) is 5.26 Å². The number of aromatic nitrogens is 1. The van der Waals surface area contributed by atoms with E-state index in [-0.39, 0.29) is 40.5 Å². The van der Waals surface area contributed by atoms with Gasteiger partial charge >= 0.3 is 11.9 Å². The molecule has 196 valence electrons. The first-order chi connectivity index (χ1) is 18.9. The number of carbonyl (C=O) groups excluding carboxylic acids is 3. The minimum atomic E-state index is -1.01. The van der Waals surface area contributed by atoms with E-state index in [4.69, 9.17) is 15.2 Å². The van der Waals surface area contributed by atoms with E-state index < -0.39 is 23.8 Å². The molecule has 0 radical (unpaired) electrons. The summed E-state index contributed by atoms with van der Waals surface area (Å²) in [4.78, 5) is 45.1. The van der Waals surface area contributed by atoms with E-state index >= 15 is 0 Å². The highest BCUT2D eigenvalue weighted by Gasteiger charge is 2.43. The zero-order valence-electron chi connectivity index (χ0n) is 21.3. The third-order valence-electron chi connectivity index (χ3n) is 6.18. The lowest BCUT2D eigenvalue weighted by molar-refractivity contribution is -0.139. The molecule has 1 amide bonds. The number of methoxy groups -OCH3 is 2. The van der Waals surface area contributed by atoms with Crippen LogP contribution in [0.1, 0.15) is 27.4 Å². The Morgan fingerprint density at radius 2 is 1.69 bits per heavy atom. The van der Waals surface area contributed by atoms with Crippen LogP contribution < -0.4 is 16.0 Å². The van der Waals surface area contributed by atoms with Crippen molar-refractivity contribution in [3.63, 3.8) is 0 Å². The van der Waals surface area contributed by atoms with Crippen molar-refractivity contribution in [1.82, 2.24) is 10.3 Å². The van der Waals surface area contributed by atoms with E-state index in [1.54, 1.807) is 73.1 Å². The van der Waals surface area contributed by atoms with Gasteiger partial charge in [-0.05, 0) is 29.3 Å². The molecule has 1 aromatic heterocycles. The SMILES string of the molecule is COC(=O)C1=C(C(=O)OC)N(c2ccccc2C(=O)NCc2cccnc2)C(N)=C(C#N)C1c1ccccc1. The van der Waals surface area contributed by atoms with Gasteiger partial charge in [0.2, 0.25) is 0 Å². The molecule has 0 aliphatic carbocycles. The molecule has 4 rings (SSSR count). The molecule has 10 nitrogen and oxygen atoms in total. The van der Waals surface area contributed by atoms with Crippen LogP contribution in [0.5, 0.6) is 0 Å². The van der Waals surface area contributed by atoms with Gasteiger partial charge in [0, 0.05) is 18.9 Å². The predicted molar refractivity (Wildman–Crippen MR) is 141 cm³/mol. The van der Waals surface area contributed by atoms with E-state index in [2.05, 4.69) is 16.4 Å². The Bertz CT molecular complexity index is 1510. The summed E-state index contributed by atoms with van der Waals surface area (Å²) in [6.45, 7) is 0.193. The van der Waals surface area contributed by atoms with Gasteiger partial charge in [0.1, 0.15) is 11.5 Å². The molecule has 1 unspecified atom stereocenters. The van der Waals surface area contributed by atoms with Crippen LogP contribution in [0.3, 0.4) is 0 Å². The first-order valence-corrected chi connectivity index (χ1v) is 11.8. The number of pyridine rings is 1. The smallest absolute Gasteiger partial charge is 0.355 e. The lowest BCUT2D eigenvalue weighted by Gasteiger charge is -2.36. The number of para-hydroxylation sites is 1. The minimum absolute atomic E-state index is 0.000163. The molecule has 2 aromatic carbocycles. The number of nitrogens with one attached hydrogen (secondary N) is 1. The van der Waals surface area contributed by atoms with Crippen LogP contribution in [-0.2, 0) is 25.6 Å². The van der Waals surface area contributed by atoms with Crippen molar-refractivity contribution in [3.8, 4) is 6.07 Å². The number of allylic oxidation sites excluding steroid dienone is 1. The molecule has 2 heterocycles. The summed E-state index contributed by atoms with van der Waals surface area (Å²) < 4.78 is 10.1. The quantitative estimate of drug-likeness (QED) is 0.446. The largest absolute Gasteiger partial charge is 0.466 e. The minimum Gasteiger partial charge on any atom is -0.466 e. The molecule has 0 saturated heterocycles. The number of carbonyl (C=O) groups is 3. The van der Waals surface area contributed by atoms with Crippen molar-refractivity contribution >= 4 is 23.5 Å². The maximum atomic E-state index is 13.3. The number of nitrogens with zero attached hydrogens (tertiary/aromatic N) is 3. The molecule has 0 spiro atoms. The second-order valence-corrected chi connectivity index (χ2v) is 8.40. The van der Waals surface area contributed by atoms with Crippen LogP contribution >= 0.6 is 0 Å². The summed E-state index contributed by atoms with van der Waals surface area (Å²) in [6.07, 6.45) is 3.25. The lowest BCUT2D eigenvalue weighted by atomic mass is 9.80. The number of nitriles is 1. The topological polar surface area (TPSA) is 148 Å². The average molecular weight is 524 g/mol. The first kappa shape index (κ1) is 26.6. The van der Waals surface area contributed by atoms with E-state index in [0.717, 1.165) is 12.7 Å². The summed E-state index contributed by atoms with van der Waals surface area (Å²) in [5, 5.41) is 13.0. The fourth-order valence-electron chi connectivity index (χ4n) is 4.40. The summed E-state index contributed by atoms with van der Waals surface area (Å²) in [5.41, 5.74) is 7.79. The molecule has 0 fully saturated rings. The van der Waals surface area contributed by atoms with E-state index in [0.29, 0.717) is 5.56 Å². The second-order valence-electron chi connectivity index (χ2n) is 8.40. The van der Waals surface area contributed by atoms with Gasteiger partial charge in [-0.15, -0.1) is 0 Å². The number of amides is 1. The van der Waals surface area contributed by atoms with Crippen LogP contribution in [0.2, 0.25) is 0 Å². The number of ether oxygens (including phenoxy) is 2. The van der Waals surface area contributed by atoms with Gasteiger partial charge in [0.25, 0.3) is 5.91 Å². The van der Waals surface area contributed by atoms with Crippen LogP contribution in [-0.4, -0.2) is 37.0 Å². The van der Waals surface area contributed by atoms with Crippen LogP contribution in [0, 0.1) is 11.3 Å². The highest BCUT2D eigenvalue weighted by molar-refractivity contribution is 6.08. The average Bonchev–Trinajstić information content (AvgIpc) is 2.99. The highest BCUT2D eigenvalue weighted by Crippen LogP contribution is 2.43. The monoisotopic (exact) mass is 523 g/mol. The normalized spacial score (nSPS) is 14.9. The van der Waals surface area contributed by atoms with Gasteiger partial charge in [-0.1, -0.05) is 48.5 Å². The van der Waals surface area contributed by atoms with Crippen molar-refractivity contribution in [2.24, 2.45) is 5.73 Å². The summed E-state index contributed by atoms with van der Waals surface area (Å²) in [6, 6.07) is 20.7. The highest BCUT2D eigenvalue weighted by atomic mass is 16.5. The Morgan fingerprint density at radius 1 is 1.00 bits per heavy atom. The number of anilines is 1. The van der Waals surface area contributed by atoms with Gasteiger partial charge in [0.05, 0.1) is 48.6 Å². The first-order valence-electron chi connectivity index (χ1n) is 11.8. The Labute approximate surface area is 225 Å². The van der Waals surface area contributed by atoms with Gasteiger partial charge in [-0.2, -0.15) is 5.26 Å². The molecule has 10 heteroatoms. The zero-order chi connectivity index (χ0) is 27.9. The van der Waals surface area contributed by atoms with Crippen molar-refractivity contribution < 1.29 is 23.9 Å². The predicted octanol–water partition coefficient (Wildman–Crippen LogP) is 2.91. The lowest BCUT2D eigenvalue weighted by Crippen LogP contribution is -2.41. The Kier molecular flexibility index (Phi) is 8.02. The van der Waals surface area contributed by atoms with Crippen molar-refractivity contribution in [2.45, 2.75) is 12.5 Å². The molecule has 0 saturated carbocycles. The number of benzene rings is 2. The van der Waals surface area contributed by atoms with E-state index in [9.17, 15) is 19.6 Å². The van der Waals surface area contributed by atoms with Crippen LogP contribution in [0.25, 0.3) is 0 Å². The van der Waals surface area contributed by atoms with Gasteiger partial charge < -0.3 is 20.5 Å². The Hall–Kier alpha value is -5.43. The fraction of sp³-hybridized carbons (Fsp3) is 0.138. The Balaban J connectivity index is 1.92. The summed E-state index contributed by atoms with van der Waals surface area (Å²) in [7, 11) is 2.33. The number of esters is 2. The van der Waals surface area contributed by atoms with Crippen molar-refractivity contribution in [3.05, 3.63) is 118 Å². The molecule has 3 aromatic rings. The molecular weight excluding hydrogens is 498 g/mol. The maximum absolute atomic E-state index is 13.3. The number of hydrogen-bond donors (Lipinski definition) is 2. The third kappa shape index (κ3) is 5.19. The van der Waals surface area contributed by atoms with Crippen molar-refractivity contribution in [2.75, 3.05) is 19.1 Å². The molecule has 1 atom stereocenters. The summed E-state index contributed by atoms with van der Waals surface area (Å²) in [5.74, 6) is -3.38. The van der Waals surface area contributed by atoms with E-state index in [1.807, 2.05) is 6.07 Å². The Morgan fingerprint density at radius 3 is 2.33 bits per heavy atom. The van der Waals surface area contributed by atoms with Gasteiger partial charge in [-0.3, -0.25) is 14.7 Å². The molecule has 39 heavy (non-hydrogen) atoms. The standard InChI is InChI=1S/C29H25N5O5/c1-38-28(36)24-23(19-10-4-3-5-11-19)21(15-30)26(31)34(25(24)29(37)39-2)22-13-7-6-12-20(22)27(35)33-17-18-9-8-14-32-16-18/h3-14,16,23H,17,31H2,1-2H3,(H,33,35). The fourth-order valence-corrected chi connectivity index (χ4v) is 4.40. The molecule has 1 aliphatic rings. The zero-order valence-corrected chi connectivity index (χ0v) is 21.3. The van der Waals surface area contributed by atoms with Gasteiger partial charge in [-0.25, -0.2) is 9.59 Å². The maximum Gasteiger partial charge on any atom is 0.355 e. The summed E-state index contributed by atoms with van der Waals surface area (Å²) >= 11 is 0. The molecule has 0 bridgehead atoms. The number of nitrogens with two attached hydrogens (primary N) is 1. The molecular formula is C29H25N5O5. The second kappa shape index (κ2) is 11.7. The number of rotatable bonds is 7. The third-order valence-corrected chi connectivity index (χ3v) is 6.18. The number of hydrogen-bond acceptors (Lipinski definition) is 9. The van der Waals surface area contributed by atoms with Crippen LogP contribution in [0.4, 0.5) is 5.69 Å². The van der Waals surface area contributed by atoms with Crippen LogP contribution in [0.15, 0.2) is 102 Å². The molecule has 1 aliphatic heterocycles.